The maximum atomic E-state index is 13.0. The highest BCUT2D eigenvalue weighted by atomic mass is 32.2. The van der Waals surface area contributed by atoms with Crippen LogP contribution in [0.2, 0.25) is 0 Å². The molecule has 0 aromatic heterocycles. The summed E-state index contributed by atoms with van der Waals surface area (Å²) in [5.74, 6) is 1.05. The molecule has 1 fully saturated rings. The van der Waals surface area contributed by atoms with Crippen LogP contribution >= 0.6 is 0 Å². The summed E-state index contributed by atoms with van der Waals surface area (Å²) in [4.78, 5) is 13.0. The zero-order chi connectivity index (χ0) is 21.6. The molecular weight excluding hydrogens is 392 g/mol. The molecule has 2 rings (SSSR count). The molecule has 8 heteroatoms. The molecule has 0 bridgehead atoms. The first-order valence-corrected chi connectivity index (χ1v) is 12.2. The van der Waals surface area contributed by atoms with E-state index >= 15 is 0 Å². The van der Waals surface area contributed by atoms with Crippen LogP contribution in [-0.4, -0.2) is 51.2 Å². The Balaban J connectivity index is 2.19. The number of ether oxygens (including phenoxy) is 2. The molecule has 29 heavy (non-hydrogen) atoms. The minimum atomic E-state index is -3.29. The Bertz CT molecular complexity index is 794. The van der Waals surface area contributed by atoms with E-state index in [1.54, 1.807) is 0 Å². The van der Waals surface area contributed by atoms with Crippen LogP contribution in [0.3, 0.4) is 0 Å². The number of sulfonamides is 1. The number of hydrogen-bond acceptors (Lipinski definition) is 5. The number of nitrogens with zero attached hydrogens (tertiary/aromatic N) is 1. The Hall–Kier alpha value is -1.80. The van der Waals surface area contributed by atoms with Crippen molar-refractivity contribution in [1.82, 2.24) is 9.62 Å². The van der Waals surface area contributed by atoms with E-state index < -0.39 is 10.0 Å². The van der Waals surface area contributed by atoms with Gasteiger partial charge in [-0.25, -0.2) is 12.7 Å². The van der Waals surface area contributed by atoms with Crippen LogP contribution in [0.1, 0.15) is 52.1 Å². The number of piperidine rings is 1. The lowest BCUT2D eigenvalue weighted by Crippen LogP contribution is -2.46. The Labute approximate surface area is 174 Å². The van der Waals surface area contributed by atoms with Crippen LogP contribution in [-0.2, 0) is 14.8 Å². The van der Waals surface area contributed by atoms with Gasteiger partial charge in [-0.2, -0.15) is 0 Å². The van der Waals surface area contributed by atoms with Crippen LogP contribution in [0.5, 0.6) is 11.5 Å². The van der Waals surface area contributed by atoms with Gasteiger partial charge in [-0.15, -0.1) is 0 Å². The summed E-state index contributed by atoms with van der Waals surface area (Å²) in [5.41, 5.74) is 0.941. The summed E-state index contributed by atoms with van der Waals surface area (Å²) in [6.07, 6.45) is 2.57. The molecule has 0 saturated carbocycles. The molecule has 1 aromatic carbocycles. The maximum Gasteiger partial charge on any atom is 0.224 e. The van der Waals surface area contributed by atoms with Gasteiger partial charge in [0, 0.05) is 13.1 Å². The second-order valence-corrected chi connectivity index (χ2v) is 9.75. The van der Waals surface area contributed by atoms with Crippen molar-refractivity contribution < 1.29 is 22.7 Å². The van der Waals surface area contributed by atoms with Gasteiger partial charge in [-0.3, -0.25) is 4.79 Å². The second-order valence-electron chi connectivity index (χ2n) is 7.76. The zero-order valence-electron chi connectivity index (χ0n) is 18.1. The summed E-state index contributed by atoms with van der Waals surface area (Å²) in [5, 5.41) is 3.14. The van der Waals surface area contributed by atoms with E-state index in [0.717, 1.165) is 5.56 Å². The summed E-state index contributed by atoms with van der Waals surface area (Å²) in [6, 6.07) is 5.54. The number of amides is 1. The molecule has 2 unspecified atom stereocenters. The van der Waals surface area contributed by atoms with Crippen molar-refractivity contribution in [1.29, 1.82) is 0 Å². The highest BCUT2D eigenvalue weighted by molar-refractivity contribution is 7.88. The first kappa shape index (κ1) is 23.5. The van der Waals surface area contributed by atoms with Crippen molar-refractivity contribution in [3.8, 4) is 11.5 Å². The number of hydrogen-bond donors (Lipinski definition) is 1. The molecule has 1 N–H and O–H groups in total. The lowest BCUT2D eigenvalue weighted by atomic mass is 9.93. The molecule has 0 spiro atoms. The fraction of sp³-hybridized carbons (Fsp3) is 0.667. The fourth-order valence-corrected chi connectivity index (χ4v) is 4.54. The van der Waals surface area contributed by atoms with Crippen LogP contribution in [0, 0.1) is 11.8 Å². The molecule has 1 aliphatic heterocycles. The predicted octanol–water partition coefficient (Wildman–Crippen LogP) is 2.97. The van der Waals surface area contributed by atoms with E-state index in [0.29, 0.717) is 44.1 Å². The Morgan fingerprint density at radius 2 is 1.86 bits per heavy atom. The predicted molar refractivity (Wildman–Crippen MR) is 114 cm³/mol. The van der Waals surface area contributed by atoms with E-state index in [4.69, 9.17) is 9.47 Å². The number of rotatable bonds is 9. The van der Waals surface area contributed by atoms with Crippen molar-refractivity contribution in [3.05, 3.63) is 23.8 Å². The average molecular weight is 427 g/mol. The minimum absolute atomic E-state index is 0.108. The van der Waals surface area contributed by atoms with Gasteiger partial charge in [-0.05, 0) is 50.3 Å². The third kappa shape index (κ3) is 6.34. The van der Waals surface area contributed by atoms with E-state index in [-0.39, 0.29) is 30.3 Å². The lowest BCUT2D eigenvalue weighted by Gasteiger charge is -2.32. The molecular formula is C21H34N2O5S. The highest BCUT2D eigenvalue weighted by Gasteiger charge is 2.32. The van der Waals surface area contributed by atoms with Crippen molar-refractivity contribution in [2.75, 3.05) is 32.6 Å². The Morgan fingerprint density at radius 3 is 2.45 bits per heavy atom. The summed E-state index contributed by atoms with van der Waals surface area (Å²) in [7, 11) is -3.29. The Kier molecular flexibility index (Phi) is 8.34. The average Bonchev–Trinajstić information content (AvgIpc) is 2.67. The summed E-state index contributed by atoms with van der Waals surface area (Å²) in [6.45, 7) is 9.71. The second kappa shape index (κ2) is 10.3. The highest BCUT2D eigenvalue weighted by Crippen LogP contribution is 2.33. The third-order valence-electron chi connectivity index (χ3n) is 5.11. The standard InChI is InChI=1S/C21H34N2O5S/c1-6-27-18-11-10-16(13-19(18)28-7-2)20(15(3)4)22-21(24)17-9-8-12-23(14-17)29(5,25)26/h10-11,13,15,17,20H,6-9,12,14H2,1-5H3,(H,22,24). The van der Waals surface area contributed by atoms with Gasteiger partial charge in [0.15, 0.2) is 11.5 Å². The Morgan fingerprint density at radius 1 is 1.21 bits per heavy atom. The molecule has 1 heterocycles. The monoisotopic (exact) mass is 426 g/mol. The van der Waals surface area contributed by atoms with Gasteiger partial charge in [0.25, 0.3) is 0 Å². The number of benzene rings is 1. The van der Waals surface area contributed by atoms with Gasteiger partial charge in [0.2, 0.25) is 15.9 Å². The first-order valence-electron chi connectivity index (χ1n) is 10.3. The van der Waals surface area contributed by atoms with Gasteiger partial charge in [0.1, 0.15) is 0 Å². The SMILES string of the molecule is CCOc1ccc(C(NC(=O)C2CCCN(S(C)(=O)=O)C2)C(C)C)cc1OCC. The van der Waals surface area contributed by atoms with Crippen molar-refractivity contribution >= 4 is 15.9 Å². The summed E-state index contributed by atoms with van der Waals surface area (Å²) >= 11 is 0. The number of nitrogens with one attached hydrogen (secondary N) is 1. The fourth-order valence-electron chi connectivity index (χ4n) is 3.62. The van der Waals surface area contributed by atoms with Crippen LogP contribution in [0.15, 0.2) is 18.2 Å². The van der Waals surface area contributed by atoms with Gasteiger partial charge < -0.3 is 14.8 Å². The summed E-state index contributed by atoms with van der Waals surface area (Å²) < 4.78 is 36.5. The number of carbonyl (C=O) groups is 1. The quantitative estimate of drug-likeness (QED) is 0.656. The van der Waals surface area contributed by atoms with E-state index in [9.17, 15) is 13.2 Å². The molecule has 0 radical (unpaired) electrons. The van der Waals surface area contributed by atoms with Gasteiger partial charge in [-0.1, -0.05) is 19.9 Å². The largest absolute Gasteiger partial charge is 0.490 e. The molecule has 1 aliphatic rings. The van der Waals surface area contributed by atoms with E-state index in [2.05, 4.69) is 5.32 Å². The first-order chi connectivity index (χ1) is 13.7. The maximum absolute atomic E-state index is 13.0. The lowest BCUT2D eigenvalue weighted by molar-refractivity contribution is -0.127. The molecule has 1 aromatic rings. The molecule has 0 aliphatic carbocycles. The van der Waals surface area contributed by atoms with Crippen LogP contribution in [0.25, 0.3) is 0 Å². The van der Waals surface area contributed by atoms with E-state index in [1.807, 2.05) is 45.9 Å². The molecule has 1 saturated heterocycles. The van der Waals surface area contributed by atoms with Crippen molar-refractivity contribution in [2.45, 2.75) is 46.6 Å². The number of carbonyl (C=O) groups excluding carboxylic acids is 1. The molecule has 7 nitrogen and oxygen atoms in total. The normalized spacial score (nSPS) is 19.0. The van der Waals surface area contributed by atoms with Crippen LogP contribution in [0.4, 0.5) is 0 Å². The van der Waals surface area contributed by atoms with Crippen molar-refractivity contribution in [3.63, 3.8) is 0 Å². The minimum Gasteiger partial charge on any atom is -0.490 e. The topological polar surface area (TPSA) is 84.9 Å². The third-order valence-corrected chi connectivity index (χ3v) is 6.38. The van der Waals surface area contributed by atoms with Gasteiger partial charge >= 0.3 is 0 Å². The van der Waals surface area contributed by atoms with Crippen LogP contribution < -0.4 is 14.8 Å². The molecule has 164 valence electrons. The van der Waals surface area contributed by atoms with Crippen molar-refractivity contribution in [2.24, 2.45) is 11.8 Å². The van der Waals surface area contributed by atoms with Gasteiger partial charge in [0.05, 0.1) is 31.4 Å². The molecule has 2 atom stereocenters. The smallest absolute Gasteiger partial charge is 0.224 e. The van der Waals surface area contributed by atoms with E-state index in [1.165, 1.54) is 10.6 Å². The zero-order valence-corrected chi connectivity index (χ0v) is 18.9. The molecule has 1 amide bonds.